The molecule has 0 amide bonds. The lowest BCUT2D eigenvalue weighted by Gasteiger charge is -2.15. The SMILES string of the molecule is O=S(=O)([O-])c1ccc2ccc3cccc4ccc1c2c34.[IH2+]. The lowest BCUT2D eigenvalue weighted by Crippen LogP contribution is -3.00. The quantitative estimate of drug-likeness (QED) is 0.251. The molecule has 0 saturated carbocycles. The van der Waals surface area contributed by atoms with Crippen molar-refractivity contribution in [2.45, 2.75) is 4.90 Å². The van der Waals surface area contributed by atoms with E-state index in [-0.39, 0.29) is 28.9 Å². The minimum atomic E-state index is -4.48. The Morgan fingerprint density at radius 2 is 1.24 bits per heavy atom. The molecule has 4 aromatic carbocycles. The second kappa shape index (κ2) is 4.79. The van der Waals surface area contributed by atoms with E-state index < -0.39 is 10.1 Å². The average molecular weight is 410 g/mol. The molecule has 4 rings (SSSR count). The van der Waals surface area contributed by atoms with Gasteiger partial charge >= 0.3 is 0 Å². The monoisotopic (exact) mass is 410 g/mol. The highest BCUT2D eigenvalue weighted by atomic mass is 127. The van der Waals surface area contributed by atoms with Crippen LogP contribution in [0.15, 0.2) is 59.5 Å². The molecule has 0 unspecified atom stereocenters. The maximum absolute atomic E-state index is 11.4. The van der Waals surface area contributed by atoms with Gasteiger partial charge in [-0.3, -0.25) is 0 Å². The van der Waals surface area contributed by atoms with E-state index in [2.05, 4.69) is 0 Å². The van der Waals surface area contributed by atoms with Crippen molar-refractivity contribution in [1.82, 2.24) is 0 Å². The van der Waals surface area contributed by atoms with Gasteiger partial charge in [0.15, 0.2) is 0 Å². The molecule has 0 saturated heterocycles. The largest absolute Gasteiger partial charge is 0.744 e. The first-order valence-corrected chi connectivity index (χ1v) is 7.59. The van der Waals surface area contributed by atoms with E-state index in [0.29, 0.717) is 5.39 Å². The van der Waals surface area contributed by atoms with Crippen LogP contribution in [0.4, 0.5) is 0 Å². The van der Waals surface area contributed by atoms with Gasteiger partial charge in [0.05, 0.1) is 4.90 Å². The molecule has 0 aromatic heterocycles. The summed E-state index contributed by atoms with van der Waals surface area (Å²) in [5, 5.41) is 5.38. The van der Waals surface area contributed by atoms with Gasteiger partial charge < -0.3 is 4.55 Å². The Morgan fingerprint density at radius 3 is 1.86 bits per heavy atom. The van der Waals surface area contributed by atoms with Gasteiger partial charge in [-0.1, -0.05) is 48.5 Å². The van der Waals surface area contributed by atoms with Gasteiger partial charge in [0.1, 0.15) is 10.1 Å². The molecule has 0 heterocycles. The normalized spacial score (nSPS) is 12.0. The van der Waals surface area contributed by atoms with Crippen molar-refractivity contribution in [2.24, 2.45) is 0 Å². The van der Waals surface area contributed by atoms with Crippen LogP contribution in [0.1, 0.15) is 0 Å². The van der Waals surface area contributed by atoms with Gasteiger partial charge in [-0.25, -0.2) is 8.42 Å². The van der Waals surface area contributed by atoms with Crippen LogP contribution >= 0.6 is 0 Å². The van der Waals surface area contributed by atoms with Crippen molar-refractivity contribution in [3.8, 4) is 0 Å². The molecule has 0 atom stereocenters. The van der Waals surface area contributed by atoms with E-state index in [0.717, 1.165) is 26.9 Å². The molecular weight excluding hydrogens is 399 g/mol. The summed E-state index contributed by atoms with van der Waals surface area (Å²) in [6.07, 6.45) is 0. The van der Waals surface area contributed by atoms with Crippen molar-refractivity contribution in [3.63, 3.8) is 0 Å². The third-order valence-electron chi connectivity index (χ3n) is 3.76. The molecule has 3 nitrogen and oxygen atoms in total. The van der Waals surface area contributed by atoms with Gasteiger partial charge in [-0.05, 0) is 33.0 Å². The fourth-order valence-electron chi connectivity index (χ4n) is 2.93. The molecule has 5 heteroatoms. The third-order valence-corrected chi connectivity index (χ3v) is 4.65. The van der Waals surface area contributed by atoms with Crippen LogP contribution in [-0.2, 0) is 10.1 Å². The van der Waals surface area contributed by atoms with Crippen LogP contribution < -0.4 is 24.0 Å². The summed E-state index contributed by atoms with van der Waals surface area (Å²) in [5.74, 6) is 0. The van der Waals surface area contributed by atoms with E-state index in [1.165, 1.54) is 6.07 Å². The Labute approximate surface area is 138 Å². The first kappa shape index (κ1) is 14.5. The second-order valence-electron chi connectivity index (χ2n) is 4.87. The maximum atomic E-state index is 11.4. The van der Waals surface area contributed by atoms with Crippen molar-refractivity contribution in [3.05, 3.63) is 54.6 Å². The molecule has 0 radical (unpaired) electrons. The van der Waals surface area contributed by atoms with E-state index in [4.69, 9.17) is 0 Å². The summed E-state index contributed by atoms with van der Waals surface area (Å²) in [6.45, 7) is 0. The summed E-state index contributed by atoms with van der Waals surface area (Å²) in [5.41, 5.74) is 0. The van der Waals surface area contributed by atoms with E-state index in [1.54, 1.807) is 12.1 Å². The lowest BCUT2D eigenvalue weighted by atomic mass is 9.94. The summed E-state index contributed by atoms with van der Waals surface area (Å²) in [6, 6.07) is 16.6. The Morgan fingerprint density at radius 1 is 0.714 bits per heavy atom. The Hall–Kier alpha value is -1.44. The van der Waals surface area contributed by atoms with Crippen LogP contribution in [0.3, 0.4) is 0 Å². The van der Waals surface area contributed by atoms with E-state index in [9.17, 15) is 13.0 Å². The van der Waals surface area contributed by atoms with Crippen molar-refractivity contribution < 1.29 is 36.9 Å². The zero-order chi connectivity index (χ0) is 13.9. The molecule has 21 heavy (non-hydrogen) atoms. The van der Waals surface area contributed by atoms with E-state index in [1.807, 2.05) is 36.4 Å². The van der Waals surface area contributed by atoms with Crippen LogP contribution in [0.5, 0.6) is 0 Å². The van der Waals surface area contributed by atoms with Crippen molar-refractivity contribution in [2.75, 3.05) is 0 Å². The van der Waals surface area contributed by atoms with Crippen molar-refractivity contribution >= 4 is 42.4 Å². The average Bonchev–Trinajstić information content (AvgIpc) is 2.43. The molecule has 106 valence electrons. The molecule has 0 N–H and O–H groups in total. The fraction of sp³-hybridized carbons (Fsp3) is 0. The standard InChI is InChI=1S/C16H10O3S.H2I/c17-20(18,19)14-9-7-12-5-4-10-2-1-3-11-6-8-13(14)16(12)15(10)11;/h1-9H,(H,17,18,19);1H2/q;+1/p-1. The van der Waals surface area contributed by atoms with Gasteiger partial charge in [0.2, 0.25) is 24.0 Å². The number of halogens is 1. The molecule has 4 aromatic rings. The lowest BCUT2D eigenvalue weighted by molar-refractivity contribution is -0.00000809. The third kappa shape index (κ3) is 2.07. The summed E-state index contributed by atoms with van der Waals surface area (Å²) >= 11 is 0. The highest BCUT2D eigenvalue weighted by Gasteiger charge is 2.13. The molecule has 0 fully saturated rings. The first-order valence-electron chi connectivity index (χ1n) is 6.18. The summed E-state index contributed by atoms with van der Waals surface area (Å²) < 4.78 is 34.3. The van der Waals surface area contributed by atoms with Crippen LogP contribution in [0, 0.1) is 0 Å². The van der Waals surface area contributed by atoms with Crippen LogP contribution in [0.2, 0.25) is 0 Å². The van der Waals surface area contributed by atoms with Crippen molar-refractivity contribution in [1.29, 1.82) is 0 Å². The predicted molar refractivity (Wildman–Crippen MR) is 80.9 cm³/mol. The van der Waals surface area contributed by atoms with Gasteiger partial charge in [-0.15, -0.1) is 0 Å². The topological polar surface area (TPSA) is 57.2 Å². The number of hydrogen-bond donors (Lipinski definition) is 0. The number of benzene rings is 4. The Balaban J connectivity index is 0.00000132. The molecule has 0 aliphatic rings. The summed E-state index contributed by atoms with van der Waals surface area (Å²) in [7, 11) is -4.48. The first-order chi connectivity index (χ1) is 9.55. The minimum Gasteiger partial charge on any atom is -0.744 e. The van der Waals surface area contributed by atoms with Crippen LogP contribution in [0.25, 0.3) is 32.3 Å². The van der Waals surface area contributed by atoms with Crippen LogP contribution in [-0.4, -0.2) is 13.0 Å². The van der Waals surface area contributed by atoms with Gasteiger partial charge in [0, 0.05) is 5.39 Å². The Kier molecular flexibility index (Phi) is 3.31. The number of hydrogen-bond acceptors (Lipinski definition) is 3. The molecule has 0 bridgehead atoms. The molecular formula is C16H11IO3S. The minimum absolute atomic E-state index is 0. The zero-order valence-corrected chi connectivity index (χ0v) is 14.1. The molecule has 0 spiro atoms. The molecule has 0 aliphatic carbocycles. The number of rotatable bonds is 1. The fourth-order valence-corrected chi connectivity index (χ4v) is 3.60. The zero-order valence-electron chi connectivity index (χ0n) is 10.8. The van der Waals surface area contributed by atoms with Gasteiger partial charge in [-0.2, -0.15) is 0 Å². The highest BCUT2D eigenvalue weighted by molar-refractivity contribution is 7.86. The van der Waals surface area contributed by atoms with E-state index >= 15 is 0 Å². The Bertz CT molecular complexity index is 1060. The van der Waals surface area contributed by atoms with Gasteiger partial charge in [0.25, 0.3) is 0 Å². The highest BCUT2D eigenvalue weighted by Crippen LogP contribution is 2.36. The summed E-state index contributed by atoms with van der Waals surface area (Å²) in [4.78, 5) is -0.150. The second-order valence-corrected chi connectivity index (χ2v) is 6.22. The molecule has 0 aliphatic heterocycles. The predicted octanol–water partition coefficient (Wildman–Crippen LogP) is -0.0433. The smallest absolute Gasteiger partial charge is 0.235 e. The maximum Gasteiger partial charge on any atom is 0.235 e.